The number of amides is 2. The van der Waals surface area contributed by atoms with Crippen molar-refractivity contribution in [1.82, 2.24) is 10.2 Å². The molecule has 2 amide bonds. The van der Waals surface area contributed by atoms with Gasteiger partial charge in [-0.15, -0.1) is 0 Å². The number of ether oxygens (including phenoxy) is 4. The van der Waals surface area contributed by atoms with E-state index in [0.29, 0.717) is 59.0 Å². The highest BCUT2D eigenvalue weighted by molar-refractivity contribution is 5.96. The molecule has 0 unspecified atom stereocenters. The molecule has 2 aromatic carbocycles. The van der Waals surface area contributed by atoms with Crippen LogP contribution in [-0.4, -0.2) is 91.3 Å². The zero-order valence-corrected chi connectivity index (χ0v) is 27.3. The maximum atomic E-state index is 14.0. The minimum Gasteiger partial charge on any atom is -0.497 e. The summed E-state index contributed by atoms with van der Waals surface area (Å²) in [6.07, 6.45) is 5.14. The lowest BCUT2D eigenvalue weighted by Crippen LogP contribution is -2.56. The van der Waals surface area contributed by atoms with Gasteiger partial charge in [-0.05, 0) is 60.4 Å². The second kappa shape index (κ2) is 16.7. The first kappa shape index (κ1) is 35.1. The van der Waals surface area contributed by atoms with E-state index in [1.807, 2.05) is 12.1 Å². The highest BCUT2D eigenvalue weighted by Gasteiger charge is 2.51. The lowest BCUT2D eigenvalue weighted by atomic mass is 9.77. The fraction of sp³-hybridized carbons (Fsp3) is 0.543. The Balaban J connectivity index is 1.74. The SMILES string of the molecule is CCCCCCCC(=O)N(CCc1cc(OC)ccc1OC)[C@@H]1C=C(C(=O)NCCO)[C@@H]2c3cc(CO)cc(OC)c3O[C@@H]2[C@H]1O. The molecule has 4 atom stereocenters. The van der Waals surface area contributed by atoms with Gasteiger partial charge >= 0.3 is 0 Å². The number of hydrogen-bond acceptors (Lipinski definition) is 9. The molecule has 0 aromatic heterocycles. The van der Waals surface area contributed by atoms with Gasteiger partial charge in [0.15, 0.2) is 11.5 Å². The normalized spacial score (nSPS) is 19.8. The molecule has 1 aliphatic heterocycles. The first-order valence-corrected chi connectivity index (χ1v) is 16.1. The second-order valence-corrected chi connectivity index (χ2v) is 11.7. The number of carbonyl (C=O) groups is 2. The van der Waals surface area contributed by atoms with Gasteiger partial charge in [0, 0.05) is 30.6 Å². The molecule has 0 radical (unpaired) electrons. The van der Waals surface area contributed by atoms with E-state index in [1.165, 1.54) is 7.11 Å². The van der Waals surface area contributed by atoms with Gasteiger partial charge in [-0.3, -0.25) is 9.59 Å². The fourth-order valence-corrected chi connectivity index (χ4v) is 6.40. The highest BCUT2D eigenvalue weighted by Crippen LogP contribution is 2.51. The molecule has 0 fully saturated rings. The quantitative estimate of drug-likeness (QED) is 0.191. The summed E-state index contributed by atoms with van der Waals surface area (Å²) in [6, 6.07) is 8.01. The van der Waals surface area contributed by atoms with Gasteiger partial charge in [0.05, 0.1) is 46.5 Å². The van der Waals surface area contributed by atoms with E-state index >= 15 is 0 Å². The van der Waals surface area contributed by atoms with Crippen LogP contribution in [0.15, 0.2) is 42.0 Å². The summed E-state index contributed by atoms with van der Waals surface area (Å²) in [6.45, 7) is 1.91. The largest absolute Gasteiger partial charge is 0.497 e. The summed E-state index contributed by atoms with van der Waals surface area (Å²) in [4.78, 5) is 29.2. The predicted molar refractivity (Wildman–Crippen MR) is 172 cm³/mol. The Morgan fingerprint density at radius 3 is 2.41 bits per heavy atom. The Labute approximate surface area is 271 Å². The highest BCUT2D eigenvalue weighted by atomic mass is 16.5. The lowest BCUT2D eigenvalue weighted by molar-refractivity contribution is -0.137. The maximum absolute atomic E-state index is 14.0. The van der Waals surface area contributed by atoms with E-state index in [0.717, 1.165) is 31.2 Å². The molecule has 11 nitrogen and oxygen atoms in total. The number of aliphatic hydroxyl groups is 3. The van der Waals surface area contributed by atoms with Crippen LogP contribution in [0.2, 0.25) is 0 Å². The standard InChI is InChI=1S/C35H48N2O9/c1-5-6-7-8-9-10-30(40)37(15-13-23-19-24(43-2)11-12-28(23)44-3)27-20-26(35(42)36-14-16-38)31-25-17-22(21-39)18-29(45-4)33(25)46-34(31)32(27)41/h11-12,17-20,27,31-32,34,38-39,41H,5-10,13-16,21H2,1-4H3,(H,36,42)/t27-,31+,32+,34+/m1/s1. The predicted octanol–water partition coefficient (Wildman–Crippen LogP) is 3.26. The van der Waals surface area contributed by atoms with Gasteiger partial charge in [-0.2, -0.15) is 0 Å². The monoisotopic (exact) mass is 640 g/mol. The molecule has 2 aromatic rings. The molecule has 0 saturated heterocycles. The molecule has 2 aliphatic rings. The van der Waals surface area contributed by atoms with Crippen molar-refractivity contribution in [2.75, 3.05) is 41.0 Å². The van der Waals surface area contributed by atoms with Crippen LogP contribution in [-0.2, 0) is 22.6 Å². The molecule has 0 spiro atoms. The third-order valence-corrected chi connectivity index (χ3v) is 8.78. The van der Waals surface area contributed by atoms with Gasteiger partial charge in [-0.1, -0.05) is 32.6 Å². The van der Waals surface area contributed by atoms with Crippen LogP contribution < -0.4 is 24.3 Å². The summed E-state index contributed by atoms with van der Waals surface area (Å²) in [7, 11) is 4.65. The molecule has 252 valence electrons. The number of carbonyl (C=O) groups excluding carboxylic acids is 2. The Kier molecular flexibility index (Phi) is 12.7. The second-order valence-electron chi connectivity index (χ2n) is 11.7. The number of rotatable bonds is 17. The molecule has 4 rings (SSSR count). The van der Waals surface area contributed by atoms with E-state index in [4.69, 9.17) is 18.9 Å². The summed E-state index contributed by atoms with van der Waals surface area (Å²) in [5.41, 5.74) is 2.32. The van der Waals surface area contributed by atoms with Crippen LogP contribution in [0.4, 0.5) is 0 Å². The molecule has 4 N–H and O–H groups in total. The third kappa shape index (κ3) is 7.76. The summed E-state index contributed by atoms with van der Waals surface area (Å²) in [5, 5.41) is 34.0. The smallest absolute Gasteiger partial charge is 0.247 e. The minimum atomic E-state index is -1.19. The van der Waals surface area contributed by atoms with E-state index in [9.17, 15) is 24.9 Å². The molecule has 0 saturated carbocycles. The minimum absolute atomic E-state index is 0.0323. The van der Waals surface area contributed by atoms with Crippen molar-refractivity contribution in [3.63, 3.8) is 0 Å². The maximum Gasteiger partial charge on any atom is 0.247 e. The number of nitrogens with zero attached hydrogens (tertiary/aromatic N) is 1. The molecular weight excluding hydrogens is 592 g/mol. The number of aliphatic hydroxyl groups excluding tert-OH is 3. The number of nitrogens with one attached hydrogen (secondary N) is 1. The molecular formula is C35H48N2O9. The molecule has 1 aliphatic carbocycles. The summed E-state index contributed by atoms with van der Waals surface area (Å²) >= 11 is 0. The van der Waals surface area contributed by atoms with Crippen LogP contribution in [0, 0.1) is 0 Å². The van der Waals surface area contributed by atoms with E-state index in [2.05, 4.69) is 12.2 Å². The van der Waals surface area contributed by atoms with Crippen molar-refractivity contribution in [2.24, 2.45) is 0 Å². The van der Waals surface area contributed by atoms with Crippen molar-refractivity contribution in [1.29, 1.82) is 0 Å². The zero-order chi connectivity index (χ0) is 33.2. The van der Waals surface area contributed by atoms with Gasteiger partial charge in [0.25, 0.3) is 0 Å². The number of benzene rings is 2. The van der Waals surface area contributed by atoms with Crippen molar-refractivity contribution < 1.29 is 43.9 Å². The number of unbranched alkanes of at least 4 members (excludes halogenated alkanes) is 4. The van der Waals surface area contributed by atoms with Crippen LogP contribution >= 0.6 is 0 Å². The Hall–Kier alpha value is -3.80. The Morgan fingerprint density at radius 1 is 0.978 bits per heavy atom. The summed E-state index contributed by atoms with van der Waals surface area (Å²) < 4.78 is 22.9. The van der Waals surface area contributed by atoms with Crippen molar-refractivity contribution >= 4 is 11.8 Å². The van der Waals surface area contributed by atoms with Crippen LogP contribution in [0.25, 0.3) is 0 Å². The van der Waals surface area contributed by atoms with E-state index in [-0.39, 0.29) is 32.2 Å². The first-order valence-electron chi connectivity index (χ1n) is 16.1. The fourth-order valence-electron chi connectivity index (χ4n) is 6.40. The van der Waals surface area contributed by atoms with E-state index < -0.39 is 30.1 Å². The van der Waals surface area contributed by atoms with Crippen molar-refractivity contribution in [2.45, 2.75) is 82.6 Å². The molecule has 1 heterocycles. The number of hydrogen-bond donors (Lipinski definition) is 4. The average Bonchev–Trinajstić information content (AvgIpc) is 3.47. The topological polar surface area (TPSA) is 147 Å². The third-order valence-electron chi connectivity index (χ3n) is 8.78. The first-order chi connectivity index (χ1) is 22.3. The van der Waals surface area contributed by atoms with Crippen LogP contribution in [0.1, 0.15) is 68.1 Å². The Bertz CT molecular complexity index is 1380. The van der Waals surface area contributed by atoms with Crippen LogP contribution in [0.3, 0.4) is 0 Å². The number of fused-ring (bicyclic) bond motifs is 3. The molecule has 0 bridgehead atoms. The van der Waals surface area contributed by atoms with Crippen molar-refractivity contribution in [3.8, 4) is 23.0 Å². The average molecular weight is 641 g/mol. The van der Waals surface area contributed by atoms with Crippen LogP contribution in [0.5, 0.6) is 23.0 Å². The lowest BCUT2D eigenvalue weighted by Gasteiger charge is -2.41. The molecule has 11 heteroatoms. The van der Waals surface area contributed by atoms with Gasteiger partial charge in [-0.25, -0.2) is 0 Å². The summed E-state index contributed by atoms with van der Waals surface area (Å²) in [5.74, 6) is 0.796. The Morgan fingerprint density at radius 2 is 1.74 bits per heavy atom. The van der Waals surface area contributed by atoms with Gasteiger partial charge in [0.1, 0.15) is 23.7 Å². The van der Waals surface area contributed by atoms with E-state index in [1.54, 1.807) is 43.4 Å². The van der Waals surface area contributed by atoms with Gasteiger partial charge < -0.3 is 44.5 Å². The van der Waals surface area contributed by atoms with Crippen molar-refractivity contribution in [3.05, 3.63) is 58.7 Å². The molecule has 46 heavy (non-hydrogen) atoms. The zero-order valence-electron chi connectivity index (χ0n) is 27.3. The van der Waals surface area contributed by atoms with Gasteiger partial charge in [0.2, 0.25) is 11.8 Å². The number of methoxy groups -OCH3 is 3.